The molecule has 1 atom stereocenters. The lowest BCUT2D eigenvalue weighted by atomic mass is 9.74. The van der Waals surface area contributed by atoms with Gasteiger partial charge in [-0.2, -0.15) is 0 Å². The smallest absolute Gasteiger partial charge is 0.105 e. The molecule has 0 aliphatic carbocycles. The normalized spacial score (nSPS) is 14.6. The van der Waals surface area contributed by atoms with Crippen LogP contribution >= 0.6 is 35.0 Å². The Labute approximate surface area is 145 Å². The predicted octanol–water partition coefficient (Wildman–Crippen LogP) is 5.41. The van der Waals surface area contributed by atoms with E-state index in [2.05, 4.69) is 4.98 Å². The van der Waals surface area contributed by atoms with Crippen LogP contribution in [0.2, 0.25) is 10.0 Å². The molecule has 1 N–H and O–H groups in total. The molecule has 0 spiro atoms. The molecule has 0 aliphatic rings. The maximum Gasteiger partial charge on any atom is 0.105 e. The molecule has 0 saturated carbocycles. The molecule has 2 rings (SSSR count). The first-order valence-electron chi connectivity index (χ1n) is 6.95. The molecule has 2 aromatic rings. The third-order valence-corrected chi connectivity index (χ3v) is 5.60. The van der Waals surface area contributed by atoms with Crippen molar-refractivity contribution in [1.29, 1.82) is 0 Å². The number of pyridine rings is 1. The summed E-state index contributed by atoms with van der Waals surface area (Å²) in [6, 6.07) is 9.14. The Morgan fingerprint density at radius 3 is 2.45 bits per heavy atom. The average molecular weight is 356 g/mol. The number of rotatable bonds is 4. The second-order valence-electron chi connectivity index (χ2n) is 6.22. The molecule has 118 valence electrons. The Kier molecular flexibility index (Phi) is 5.44. The Hall–Kier alpha value is -0.740. The highest BCUT2D eigenvalue weighted by molar-refractivity contribution is 7.99. The van der Waals surface area contributed by atoms with Crippen LogP contribution in [0.25, 0.3) is 0 Å². The standard InChI is InChI=1S/C17H19Cl2NOS/c1-16(2,3)17(21,12-5-4-8-20-10-12)11-22-15-7-6-13(18)9-14(15)19/h4-10,21H,11H2,1-3H3. The summed E-state index contributed by atoms with van der Waals surface area (Å²) in [4.78, 5) is 5.04. The van der Waals surface area contributed by atoms with Gasteiger partial charge in [0.2, 0.25) is 0 Å². The minimum Gasteiger partial charge on any atom is -0.384 e. The first-order chi connectivity index (χ1) is 10.2. The number of hydrogen-bond donors (Lipinski definition) is 1. The van der Waals surface area contributed by atoms with Crippen molar-refractivity contribution in [3.05, 3.63) is 58.3 Å². The fourth-order valence-corrected chi connectivity index (χ4v) is 4.01. The zero-order valence-corrected chi connectivity index (χ0v) is 15.1. The van der Waals surface area contributed by atoms with E-state index in [0.717, 1.165) is 10.5 Å². The van der Waals surface area contributed by atoms with Gasteiger partial charge in [0.15, 0.2) is 0 Å². The molecule has 0 saturated heterocycles. The SMILES string of the molecule is CC(C)(C)C(O)(CSc1ccc(Cl)cc1Cl)c1cccnc1. The minimum atomic E-state index is -1.02. The van der Waals surface area contributed by atoms with E-state index in [4.69, 9.17) is 23.2 Å². The third kappa shape index (κ3) is 3.77. The molecule has 0 bridgehead atoms. The Balaban J connectivity index is 2.29. The molecule has 0 amide bonds. The third-order valence-electron chi connectivity index (χ3n) is 3.71. The number of halogens is 2. The van der Waals surface area contributed by atoms with Crippen LogP contribution in [0.3, 0.4) is 0 Å². The van der Waals surface area contributed by atoms with E-state index >= 15 is 0 Å². The molecule has 1 aromatic carbocycles. The number of nitrogens with zero attached hydrogens (tertiary/aromatic N) is 1. The van der Waals surface area contributed by atoms with Crippen molar-refractivity contribution in [3.8, 4) is 0 Å². The first kappa shape index (κ1) is 17.6. The van der Waals surface area contributed by atoms with Gasteiger partial charge >= 0.3 is 0 Å². The predicted molar refractivity (Wildman–Crippen MR) is 94.8 cm³/mol. The second-order valence-corrected chi connectivity index (χ2v) is 8.08. The van der Waals surface area contributed by atoms with Gasteiger partial charge in [-0.1, -0.05) is 50.0 Å². The zero-order chi connectivity index (χ0) is 16.4. The highest BCUT2D eigenvalue weighted by Crippen LogP contribution is 2.43. The van der Waals surface area contributed by atoms with Gasteiger partial charge in [-0.15, -0.1) is 11.8 Å². The van der Waals surface area contributed by atoms with Gasteiger partial charge in [0.05, 0.1) is 5.02 Å². The van der Waals surface area contributed by atoms with E-state index in [1.54, 1.807) is 24.5 Å². The minimum absolute atomic E-state index is 0.345. The average Bonchev–Trinajstić information content (AvgIpc) is 2.45. The van der Waals surface area contributed by atoms with Crippen LogP contribution in [-0.2, 0) is 5.60 Å². The van der Waals surface area contributed by atoms with Gasteiger partial charge in [0, 0.05) is 33.6 Å². The summed E-state index contributed by atoms with van der Waals surface area (Å²) in [6.07, 6.45) is 3.42. The largest absolute Gasteiger partial charge is 0.384 e. The topological polar surface area (TPSA) is 33.1 Å². The van der Waals surface area contributed by atoms with Gasteiger partial charge in [0.25, 0.3) is 0 Å². The maximum absolute atomic E-state index is 11.3. The fraction of sp³-hybridized carbons (Fsp3) is 0.353. The van der Waals surface area contributed by atoms with Gasteiger partial charge < -0.3 is 5.11 Å². The van der Waals surface area contributed by atoms with Crippen molar-refractivity contribution in [3.63, 3.8) is 0 Å². The van der Waals surface area contributed by atoms with Crippen LogP contribution in [0.1, 0.15) is 26.3 Å². The zero-order valence-electron chi connectivity index (χ0n) is 12.8. The van der Waals surface area contributed by atoms with E-state index in [0.29, 0.717) is 15.8 Å². The van der Waals surface area contributed by atoms with E-state index in [1.807, 2.05) is 39.0 Å². The van der Waals surface area contributed by atoms with Crippen molar-refractivity contribution < 1.29 is 5.11 Å². The Bertz CT molecular complexity index is 643. The van der Waals surface area contributed by atoms with Crippen LogP contribution in [0.5, 0.6) is 0 Å². The van der Waals surface area contributed by atoms with Crippen LogP contribution in [0, 0.1) is 5.41 Å². The summed E-state index contributed by atoms with van der Waals surface area (Å²) >= 11 is 13.7. The molecular formula is C17H19Cl2NOS. The summed E-state index contributed by atoms with van der Waals surface area (Å²) in [5.74, 6) is 0.476. The highest BCUT2D eigenvalue weighted by Gasteiger charge is 2.41. The van der Waals surface area contributed by atoms with Gasteiger partial charge in [0.1, 0.15) is 5.60 Å². The Morgan fingerprint density at radius 1 is 1.18 bits per heavy atom. The molecule has 22 heavy (non-hydrogen) atoms. The lowest BCUT2D eigenvalue weighted by Gasteiger charge is -2.40. The Morgan fingerprint density at radius 2 is 1.91 bits per heavy atom. The molecule has 1 unspecified atom stereocenters. The van der Waals surface area contributed by atoms with Crippen molar-refractivity contribution in [1.82, 2.24) is 4.98 Å². The molecule has 0 aliphatic heterocycles. The molecule has 0 fully saturated rings. The van der Waals surface area contributed by atoms with Crippen LogP contribution in [-0.4, -0.2) is 15.8 Å². The number of benzene rings is 1. The number of hydrogen-bond acceptors (Lipinski definition) is 3. The lowest BCUT2D eigenvalue weighted by Crippen LogP contribution is -2.42. The van der Waals surface area contributed by atoms with Crippen molar-refractivity contribution in [2.45, 2.75) is 31.3 Å². The van der Waals surface area contributed by atoms with Crippen molar-refractivity contribution in [2.24, 2.45) is 5.41 Å². The van der Waals surface area contributed by atoms with E-state index in [1.165, 1.54) is 11.8 Å². The van der Waals surface area contributed by atoms with E-state index < -0.39 is 5.60 Å². The lowest BCUT2D eigenvalue weighted by molar-refractivity contribution is -0.0425. The summed E-state index contributed by atoms with van der Waals surface area (Å²) in [7, 11) is 0. The van der Waals surface area contributed by atoms with Crippen LogP contribution < -0.4 is 0 Å². The van der Waals surface area contributed by atoms with Crippen LogP contribution in [0.4, 0.5) is 0 Å². The van der Waals surface area contributed by atoms with Gasteiger partial charge in [-0.25, -0.2) is 0 Å². The van der Waals surface area contributed by atoms with Crippen molar-refractivity contribution >= 4 is 35.0 Å². The first-order valence-corrected chi connectivity index (χ1v) is 8.69. The van der Waals surface area contributed by atoms with Gasteiger partial charge in [-0.05, 0) is 29.7 Å². The summed E-state index contributed by atoms with van der Waals surface area (Å²) in [5.41, 5.74) is -0.559. The summed E-state index contributed by atoms with van der Waals surface area (Å²) in [6.45, 7) is 6.05. The van der Waals surface area contributed by atoms with Crippen LogP contribution in [0.15, 0.2) is 47.6 Å². The van der Waals surface area contributed by atoms with Crippen molar-refractivity contribution in [2.75, 3.05) is 5.75 Å². The summed E-state index contributed by atoms with van der Waals surface area (Å²) < 4.78 is 0. The van der Waals surface area contributed by atoms with E-state index in [9.17, 15) is 5.11 Å². The number of aliphatic hydroxyl groups is 1. The number of thioether (sulfide) groups is 1. The molecule has 2 nitrogen and oxygen atoms in total. The maximum atomic E-state index is 11.3. The highest BCUT2D eigenvalue weighted by atomic mass is 35.5. The van der Waals surface area contributed by atoms with E-state index in [-0.39, 0.29) is 5.41 Å². The summed E-state index contributed by atoms with van der Waals surface area (Å²) in [5, 5.41) is 12.5. The fourth-order valence-electron chi connectivity index (χ4n) is 2.11. The molecule has 0 radical (unpaired) electrons. The van der Waals surface area contributed by atoms with Gasteiger partial charge in [-0.3, -0.25) is 4.98 Å². The molecule has 1 aromatic heterocycles. The number of aromatic nitrogens is 1. The molecule has 1 heterocycles. The monoisotopic (exact) mass is 355 g/mol. The second kappa shape index (κ2) is 6.79. The molecular weight excluding hydrogens is 337 g/mol. The molecule has 5 heteroatoms. The quantitative estimate of drug-likeness (QED) is 0.743.